The van der Waals surface area contributed by atoms with Crippen molar-refractivity contribution in [2.45, 2.75) is 12.5 Å². The molecule has 1 atom stereocenters. The van der Waals surface area contributed by atoms with Crippen molar-refractivity contribution in [1.29, 1.82) is 0 Å². The fourth-order valence-electron chi connectivity index (χ4n) is 3.44. The van der Waals surface area contributed by atoms with Crippen LogP contribution >= 0.6 is 0 Å². The normalized spacial score (nSPS) is 20.9. The highest BCUT2D eigenvalue weighted by molar-refractivity contribution is 5.90. The smallest absolute Gasteiger partial charge is 0.407 e. The highest BCUT2D eigenvalue weighted by atomic mass is 16.4. The third-order valence-electron chi connectivity index (χ3n) is 4.83. The molecular weight excluding hydrogens is 320 g/mol. The van der Waals surface area contributed by atoms with E-state index in [4.69, 9.17) is 10.1 Å². The topological polar surface area (TPSA) is 93.6 Å². The van der Waals surface area contributed by atoms with E-state index in [1.807, 2.05) is 24.3 Å². The van der Waals surface area contributed by atoms with Crippen molar-refractivity contribution < 1.29 is 9.90 Å². The molecule has 3 N–H and O–H groups in total. The number of fused-ring (bicyclic) bond motifs is 1. The SMILES string of the molecule is O=C(O)N1CCN(c2nc(N[C@H]3CCNC3)nc3ccccc23)CC1. The second kappa shape index (κ2) is 6.72. The summed E-state index contributed by atoms with van der Waals surface area (Å²) in [6.07, 6.45) is 0.200. The molecule has 3 heterocycles. The van der Waals surface area contributed by atoms with E-state index in [1.54, 1.807) is 0 Å². The zero-order valence-corrected chi connectivity index (χ0v) is 14.0. The first-order valence-corrected chi connectivity index (χ1v) is 8.67. The molecular formula is C17H22N6O2. The Morgan fingerprint density at radius 2 is 2.00 bits per heavy atom. The molecule has 1 aromatic heterocycles. The molecule has 2 aliphatic heterocycles. The largest absolute Gasteiger partial charge is 0.465 e. The van der Waals surface area contributed by atoms with Crippen LogP contribution in [0.2, 0.25) is 0 Å². The number of aromatic nitrogens is 2. The van der Waals surface area contributed by atoms with Gasteiger partial charge in [0.05, 0.1) is 5.52 Å². The number of carbonyl (C=O) groups is 1. The molecule has 4 rings (SSSR count). The lowest BCUT2D eigenvalue weighted by Crippen LogP contribution is -2.48. The number of hydrogen-bond donors (Lipinski definition) is 3. The molecule has 0 spiro atoms. The van der Waals surface area contributed by atoms with Gasteiger partial charge in [-0.25, -0.2) is 9.78 Å². The van der Waals surface area contributed by atoms with Crippen molar-refractivity contribution in [1.82, 2.24) is 20.2 Å². The highest BCUT2D eigenvalue weighted by Gasteiger charge is 2.24. The minimum atomic E-state index is -0.858. The standard InChI is InChI=1S/C17H22N6O2/c24-17(25)23-9-7-22(8-10-23)15-13-3-1-2-4-14(13)20-16(21-15)19-12-5-6-18-11-12/h1-4,12,18H,5-11H2,(H,24,25)(H,19,20,21)/t12-/m0/s1. The Kier molecular flexibility index (Phi) is 4.27. The van der Waals surface area contributed by atoms with Crippen molar-refractivity contribution in [2.24, 2.45) is 0 Å². The second-order valence-corrected chi connectivity index (χ2v) is 6.48. The summed E-state index contributed by atoms with van der Waals surface area (Å²) in [5.41, 5.74) is 0.904. The Balaban J connectivity index is 1.63. The van der Waals surface area contributed by atoms with Gasteiger partial charge in [0.15, 0.2) is 0 Å². The average molecular weight is 342 g/mol. The maximum atomic E-state index is 11.1. The molecule has 0 unspecified atom stereocenters. The van der Waals surface area contributed by atoms with E-state index < -0.39 is 6.09 Å². The lowest BCUT2D eigenvalue weighted by molar-refractivity contribution is 0.142. The molecule has 2 aromatic rings. The van der Waals surface area contributed by atoms with Crippen molar-refractivity contribution in [3.63, 3.8) is 0 Å². The molecule has 2 saturated heterocycles. The predicted molar refractivity (Wildman–Crippen MR) is 96.2 cm³/mol. The highest BCUT2D eigenvalue weighted by Crippen LogP contribution is 2.26. The molecule has 0 aliphatic carbocycles. The van der Waals surface area contributed by atoms with Crippen LogP contribution in [0.1, 0.15) is 6.42 Å². The molecule has 8 nitrogen and oxygen atoms in total. The summed E-state index contributed by atoms with van der Waals surface area (Å²) >= 11 is 0. The molecule has 0 radical (unpaired) electrons. The van der Waals surface area contributed by atoms with Crippen LogP contribution in [-0.2, 0) is 0 Å². The number of nitrogens with one attached hydrogen (secondary N) is 2. The molecule has 2 fully saturated rings. The molecule has 132 valence electrons. The van der Waals surface area contributed by atoms with Gasteiger partial charge in [-0.15, -0.1) is 0 Å². The van der Waals surface area contributed by atoms with E-state index in [1.165, 1.54) is 4.90 Å². The van der Waals surface area contributed by atoms with Crippen molar-refractivity contribution in [2.75, 3.05) is 49.5 Å². The van der Waals surface area contributed by atoms with Gasteiger partial charge in [0, 0.05) is 44.2 Å². The maximum absolute atomic E-state index is 11.1. The van der Waals surface area contributed by atoms with Crippen LogP contribution in [0.3, 0.4) is 0 Å². The summed E-state index contributed by atoms with van der Waals surface area (Å²) in [6, 6.07) is 8.32. The number of carboxylic acid groups (broad SMARTS) is 1. The van der Waals surface area contributed by atoms with Gasteiger partial charge >= 0.3 is 6.09 Å². The fraction of sp³-hybridized carbons (Fsp3) is 0.471. The average Bonchev–Trinajstić information content (AvgIpc) is 3.14. The third-order valence-corrected chi connectivity index (χ3v) is 4.83. The van der Waals surface area contributed by atoms with Crippen LogP contribution in [-0.4, -0.2) is 71.4 Å². The molecule has 0 bridgehead atoms. The van der Waals surface area contributed by atoms with Gasteiger partial charge in [-0.2, -0.15) is 4.98 Å². The number of hydrogen-bond acceptors (Lipinski definition) is 6. The minimum Gasteiger partial charge on any atom is -0.465 e. The summed E-state index contributed by atoms with van der Waals surface area (Å²) in [6.45, 7) is 4.18. The number of nitrogens with zero attached hydrogens (tertiary/aromatic N) is 4. The van der Waals surface area contributed by atoms with Crippen LogP contribution in [0.4, 0.5) is 16.6 Å². The van der Waals surface area contributed by atoms with Crippen LogP contribution in [0, 0.1) is 0 Å². The molecule has 25 heavy (non-hydrogen) atoms. The molecule has 1 aromatic carbocycles. The van der Waals surface area contributed by atoms with E-state index in [9.17, 15) is 4.79 Å². The Bertz CT molecular complexity index is 769. The van der Waals surface area contributed by atoms with E-state index >= 15 is 0 Å². The first-order chi connectivity index (χ1) is 12.2. The third kappa shape index (κ3) is 3.30. The quantitative estimate of drug-likeness (QED) is 0.772. The number of rotatable bonds is 3. The number of piperazine rings is 1. The number of benzene rings is 1. The van der Waals surface area contributed by atoms with E-state index in [-0.39, 0.29) is 0 Å². The first-order valence-electron chi connectivity index (χ1n) is 8.67. The summed E-state index contributed by atoms with van der Waals surface area (Å²) in [5.74, 6) is 1.52. The Hall–Kier alpha value is -2.61. The van der Waals surface area contributed by atoms with Gasteiger partial charge in [-0.1, -0.05) is 12.1 Å². The lowest BCUT2D eigenvalue weighted by Gasteiger charge is -2.34. The molecule has 0 saturated carbocycles. The fourth-order valence-corrected chi connectivity index (χ4v) is 3.44. The number of amides is 1. The number of para-hydroxylation sites is 1. The van der Waals surface area contributed by atoms with Gasteiger partial charge in [-0.3, -0.25) is 0 Å². The molecule has 2 aliphatic rings. The van der Waals surface area contributed by atoms with Gasteiger partial charge < -0.3 is 25.5 Å². The van der Waals surface area contributed by atoms with Gasteiger partial charge in [0.2, 0.25) is 5.95 Å². The Morgan fingerprint density at radius 3 is 2.72 bits per heavy atom. The van der Waals surface area contributed by atoms with Crippen LogP contribution in [0.5, 0.6) is 0 Å². The van der Waals surface area contributed by atoms with Crippen molar-refractivity contribution in [3.8, 4) is 0 Å². The second-order valence-electron chi connectivity index (χ2n) is 6.48. The maximum Gasteiger partial charge on any atom is 0.407 e. The summed E-state index contributed by atoms with van der Waals surface area (Å²) in [4.78, 5) is 24.1. The zero-order chi connectivity index (χ0) is 17.2. The first kappa shape index (κ1) is 15.9. The van der Waals surface area contributed by atoms with Crippen LogP contribution < -0.4 is 15.5 Å². The Morgan fingerprint density at radius 1 is 1.20 bits per heavy atom. The van der Waals surface area contributed by atoms with Crippen LogP contribution in [0.15, 0.2) is 24.3 Å². The predicted octanol–water partition coefficient (Wildman–Crippen LogP) is 1.20. The van der Waals surface area contributed by atoms with Gasteiger partial charge in [0.25, 0.3) is 0 Å². The monoisotopic (exact) mass is 342 g/mol. The lowest BCUT2D eigenvalue weighted by atomic mass is 10.2. The molecule has 8 heteroatoms. The summed E-state index contributed by atoms with van der Waals surface area (Å²) in [5, 5.41) is 16.9. The van der Waals surface area contributed by atoms with Gasteiger partial charge in [-0.05, 0) is 25.1 Å². The minimum absolute atomic E-state index is 0.345. The molecule has 1 amide bonds. The Labute approximate surface area is 145 Å². The van der Waals surface area contributed by atoms with Crippen molar-refractivity contribution >= 4 is 28.8 Å². The van der Waals surface area contributed by atoms with E-state index in [0.29, 0.717) is 38.2 Å². The van der Waals surface area contributed by atoms with Crippen molar-refractivity contribution in [3.05, 3.63) is 24.3 Å². The summed E-state index contributed by atoms with van der Waals surface area (Å²) < 4.78 is 0. The summed E-state index contributed by atoms with van der Waals surface area (Å²) in [7, 11) is 0. The number of anilines is 2. The van der Waals surface area contributed by atoms with Gasteiger partial charge in [0.1, 0.15) is 5.82 Å². The van der Waals surface area contributed by atoms with E-state index in [0.717, 1.165) is 36.2 Å². The van der Waals surface area contributed by atoms with E-state index in [2.05, 4.69) is 20.5 Å². The zero-order valence-electron chi connectivity index (χ0n) is 14.0. The van der Waals surface area contributed by atoms with Crippen LogP contribution in [0.25, 0.3) is 10.9 Å².